The van der Waals surface area contributed by atoms with Crippen LogP contribution < -0.4 is 5.32 Å². The minimum atomic E-state index is 0.0496. The molecule has 4 heteroatoms. The fourth-order valence-electron chi connectivity index (χ4n) is 4.95. The molecule has 3 fully saturated rings. The molecule has 3 aliphatic rings. The Labute approximate surface area is 178 Å². The van der Waals surface area contributed by atoms with Gasteiger partial charge in [-0.2, -0.15) is 0 Å². The predicted octanol–water partition coefficient (Wildman–Crippen LogP) is 4.73. The van der Waals surface area contributed by atoms with Crippen LogP contribution in [0, 0.1) is 5.92 Å². The molecule has 3 aromatic rings. The molecule has 3 aliphatic heterocycles. The molecular weight excluding hydrogens is 370 g/mol. The van der Waals surface area contributed by atoms with Gasteiger partial charge in [0.25, 0.3) is 5.91 Å². The number of fused-ring (bicyclic) bond motifs is 4. The first-order valence-corrected chi connectivity index (χ1v) is 11.1. The number of nitrogens with zero attached hydrogens (tertiary/aromatic N) is 2. The lowest BCUT2D eigenvalue weighted by Crippen LogP contribution is -2.57. The van der Waals surface area contributed by atoms with Crippen LogP contribution in [0.1, 0.15) is 49.5 Å². The fraction of sp³-hybridized carbons (Fsp3) is 0.423. The van der Waals surface area contributed by atoms with Crippen molar-refractivity contribution < 1.29 is 4.79 Å². The molecule has 1 atom stereocenters. The molecule has 156 valence electrons. The van der Waals surface area contributed by atoms with Crippen LogP contribution in [-0.4, -0.2) is 40.9 Å². The van der Waals surface area contributed by atoms with Gasteiger partial charge in [0.05, 0.1) is 5.56 Å². The molecule has 6 rings (SSSR count). The van der Waals surface area contributed by atoms with Gasteiger partial charge in [0, 0.05) is 30.5 Å². The van der Waals surface area contributed by atoms with E-state index in [2.05, 4.69) is 78.0 Å². The number of hydrogen-bond donors (Lipinski definition) is 1. The van der Waals surface area contributed by atoms with Crippen LogP contribution in [0.5, 0.6) is 0 Å². The van der Waals surface area contributed by atoms with Crippen molar-refractivity contribution in [2.24, 2.45) is 5.92 Å². The molecule has 1 aromatic carbocycles. The zero-order valence-corrected chi connectivity index (χ0v) is 18.2. The van der Waals surface area contributed by atoms with Crippen LogP contribution in [0.15, 0.2) is 54.9 Å². The monoisotopic (exact) mass is 401 g/mol. The molecular formula is C26H31N3O. The Bertz CT molecular complexity index is 1070. The van der Waals surface area contributed by atoms with E-state index in [1.54, 1.807) is 0 Å². The minimum Gasteiger partial charge on any atom is -0.348 e. The topological polar surface area (TPSA) is 36.8 Å². The van der Waals surface area contributed by atoms with Crippen molar-refractivity contribution in [1.82, 2.24) is 14.6 Å². The van der Waals surface area contributed by atoms with E-state index in [4.69, 9.17) is 0 Å². The third kappa shape index (κ3) is 3.65. The van der Waals surface area contributed by atoms with Gasteiger partial charge >= 0.3 is 0 Å². The summed E-state index contributed by atoms with van der Waals surface area (Å²) >= 11 is 0. The highest BCUT2D eigenvalue weighted by Crippen LogP contribution is 2.29. The number of nitrogens with one attached hydrogen (secondary N) is 1. The zero-order valence-electron chi connectivity index (χ0n) is 18.2. The van der Waals surface area contributed by atoms with Crippen LogP contribution in [0.25, 0.3) is 16.6 Å². The Balaban J connectivity index is 1.35. The maximum absolute atomic E-state index is 12.9. The lowest BCUT2D eigenvalue weighted by molar-refractivity contribution is 0.0620. The van der Waals surface area contributed by atoms with Gasteiger partial charge in [0.2, 0.25) is 0 Å². The lowest BCUT2D eigenvalue weighted by atomic mass is 9.84. The van der Waals surface area contributed by atoms with E-state index in [0.717, 1.165) is 23.2 Å². The molecule has 0 aliphatic carbocycles. The Morgan fingerprint density at radius 2 is 1.67 bits per heavy atom. The van der Waals surface area contributed by atoms with Gasteiger partial charge in [-0.1, -0.05) is 51.1 Å². The van der Waals surface area contributed by atoms with Crippen molar-refractivity contribution in [1.29, 1.82) is 0 Å². The van der Waals surface area contributed by atoms with Crippen molar-refractivity contribution in [3.63, 3.8) is 0 Å². The highest BCUT2D eigenvalue weighted by Gasteiger charge is 2.35. The molecule has 0 unspecified atom stereocenters. The highest BCUT2D eigenvalue weighted by molar-refractivity contribution is 5.96. The average molecular weight is 402 g/mol. The summed E-state index contributed by atoms with van der Waals surface area (Å²) in [7, 11) is 0. The van der Waals surface area contributed by atoms with Crippen LogP contribution >= 0.6 is 0 Å². The Hall–Kier alpha value is -2.59. The van der Waals surface area contributed by atoms with Crippen LogP contribution in [0.3, 0.4) is 0 Å². The number of benzene rings is 1. The quantitative estimate of drug-likeness (QED) is 0.689. The third-order valence-corrected chi connectivity index (χ3v) is 6.91. The maximum atomic E-state index is 12.9. The first kappa shape index (κ1) is 19.4. The van der Waals surface area contributed by atoms with Crippen molar-refractivity contribution in [2.75, 3.05) is 19.6 Å². The van der Waals surface area contributed by atoms with E-state index in [-0.39, 0.29) is 11.3 Å². The smallest absolute Gasteiger partial charge is 0.253 e. The standard InChI is InChI=1S/C26H31N3O/c1-26(2,3)22-7-4-18(5-8-22)20-6-9-23-14-21(16-29(23)15-20)25(30)27-24-17-28-12-10-19(24)11-13-28/h4-9,14-16,19,24H,10-13,17H2,1-3H3,(H,27,30)/t24-/m0/s1. The van der Waals surface area contributed by atoms with E-state index < -0.39 is 0 Å². The second-order valence-electron chi connectivity index (χ2n) is 10.0. The molecule has 2 bridgehead atoms. The molecule has 30 heavy (non-hydrogen) atoms. The zero-order chi connectivity index (χ0) is 20.9. The summed E-state index contributed by atoms with van der Waals surface area (Å²) in [4.78, 5) is 15.4. The molecule has 3 saturated heterocycles. The summed E-state index contributed by atoms with van der Waals surface area (Å²) in [5.74, 6) is 0.687. The summed E-state index contributed by atoms with van der Waals surface area (Å²) in [6.07, 6.45) is 6.49. The largest absolute Gasteiger partial charge is 0.348 e. The first-order chi connectivity index (χ1) is 14.4. The number of hydrogen-bond acceptors (Lipinski definition) is 2. The summed E-state index contributed by atoms with van der Waals surface area (Å²) < 4.78 is 2.07. The van der Waals surface area contributed by atoms with Gasteiger partial charge in [-0.15, -0.1) is 0 Å². The Morgan fingerprint density at radius 3 is 2.30 bits per heavy atom. The van der Waals surface area contributed by atoms with Crippen molar-refractivity contribution in [3.05, 3.63) is 66.0 Å². The van der Waals surface area contributed by atoms with E-state index in [0.29, 0.717) is 12.0 Å². The predicted molar refractivity (Wildman–Crippen MR) is 122 cm³/mol. The van der Waals surface area contributed by atoms with Gasteiger partial charge in [-0.3, -0.25) is 4.79 Å². The van der Waals surface area contributed by atoms with Crippen LogP contribution in [-0.2, 0) is 5.41 Å². The molecule has 1 N–H and O–H groups in total. The summed E-state index contributed by atoms with van der Waals surface area (Å²) in [6.45, 7) is 10.1. The molecule has 2 aromatic heterocycles. The Kier molecular flexibility index (Phi) is 4.70. The van der Waals surface area contributed by atoms with Gasteiger partial charge < -0.3 is 14.6 Å². The molecule has 0 spiro atoms. The lowest BCUT2D eigenvalue weighted by Gasteiger charge is -2.44. The average Bonchev–Trinajstić information content (AvgIpc) is 3.18. The minimum absolute atomic E-state index is 0.0496. The molecule has 4 nitrogen and oxygen atoms in total. The van der Waals surface area contributed by atoms with E-state index in [9.17, 15) is 4.79 Å². The Morgan fingerprint density at radius 1 is 0.967 bits per heavy atom. The van der Waals surface area contributed by atoms with Gasteiger partial charge in [0.15, 0.2) is 0 Å². The fourth-order valence-corrected chi connectivity index (χ4v) is 4.95. The van der Waals surface area contributed by atoms with Crippen molar-refractivity contribution in [3.8, 4) is 11.1 Å². The number of piperidine rings is 3. The number of pyridine rings is 1. The summed E-state index contributed by atoms with van der Waals surface area (Å²) in [5.41, 5.74) is 5.62. The normalized spacial score (nSPS) is 23.6. The first-order valence-electron chi connectivity index (χ1n) is 11.1. The summed E-state index contributed by atoms with van der Waals surface area (Å²) in [6, 6.07) is 15.3. The van der Waals surface area contributed by atoms with E-state index in [1.165, 1.54) is 37.1 Å². The second kappa shape index (κ2) is 7.28. The number of amides is 1. The van der Waals surface area contributed by atoms with E-state index >= 15 is 0 Å². The number of aromatic nitrogens is 1. The van der Waals surface area contributed by atoms with Gasteiger partial charge in [0.1, 0.15) is 0 Å². The molecule has 0 radical (unpaired) electrons. The molecule has 1 amide bonds. The van der Waals surface area contributed by atoms with E-state index in [1.807, 2.05) is 12.3 Å². The number of rotatable bonds is 3. The van der Waals surface area contributed by atoms with Crippen molar-refractivity contribution >= 4 is 11.4 Å². The van der Waals surface area contributed by atoms with Crippen LogP contribution in [0.2, 0.25) is 0 Å². The SMILES string of the molecule is CC(C)(C)c1ccc(-c2ccc3cc(C(=O)N[C@H]4CN5CCC4CC5)cn3c2)cc1. The molecule has 5 heterocycles. The number of carbonyl (C=O) groups excluding carboxylic acids is 1. The summed E-state index contributed by atoms with van der Waals surface area (Å²) in [5, 5.41) is 3.30. The van der Waals surface area contributed by atoms with Crippen LogP contribution in [0.4, 0.5) is 0 Å². The highest BCUT2D eigenvalue weighted by atomic mass is 16.1. The maximum Gasteiger partial charge on any atom is 0.253 e. The van der Waals surface area contributed by atoms with Crippen molar-refractivity contribution in [2.45, 2.75) is 45.1 Å². The number of carbonyl (C=O) groups is 1. The molecule has 0 saturated carbocycles. The second-order valence-corrected chi connectivity index (χ2v) is 10.0. The van der Waals surface area contributed by atoms with Gasteiger partial charge in [-0.25, -0.2) is 0 Å². The van der Waals surface area contributed by atoms with Gasteiger partial charge in [-0.05, 0) is 66.1 Å². The third-order valence-electron chi connectivity index (χ3n) is 6.91.